The highest BCUT2D eigenvalue weighted by Gasteiger charge is 2.21. The van der Waals surface area contributed by atoms with E-state index in [0.717, 1.165) is 71.0 Å². The van der Waals surface area contributed by atoms with Gasteiger partial charge in [-0.15, -0.1) is 12.4 Å². The Kier molecular flexibility index (Phi) is 7.93. The molecule has 0 bridgehead atoms. The number of carbonyl (C=O) groups excluding carboxylic acids is 1. The summed E-state index contributed by atoms with van der Waals surface area (Å²) in [7, 11) is 0. The van der Waals surface area contributed by atoms with Crippen molar-refractivity contribution in [2.45, 2.75) is 12.8 Å². The lowest BCUT2D eigenvalue weighted by Crippen LogP contribution is -2.39. The number of halogens is 1. The van der Waals surface area contributed by atoms with Crippen LogP contribution in [-0.2, 0) is 16.0 Å². The quantitative estimate of drug-likeness (QED) is 0.365. The number of hydrogen-bond acceptors (Lipinski definition) is 5. The van der Waals surface area contributed by atoms with Gasteiger partial charge < -0.3 is 4.74 Å². The predicted octanol–water partition coefficient (Wildman–Crippen LogP) is 5.17. The number of para-hydroxylation sites is 1. The average Bonchev–Trinajstić information content (AvgIpc) is 3.26. The van der Waals surface area contributed by atoms with Gasteiger partial charge in [0.2, 0.25) is 5.91 Å². The van der Waals surface area contributed by atoms with Crippen molar-refractivity contribution in [1.29, 1.82) is 0 Å². The van der Waals surface area contributed by atoms with Crippen LogP contribution in [-0.4, -0.2) is 55.2 Å². The molecular formula is C26H28ClN3O2S. The van der Waals surface area contributed by atoms with Crippen molar-refractivity contribution in [2.75, 3.05) is 44.3 Å². The molecule has 0 spiro atoms. The molecule has 2 heterocycles. The van der Waals surface area contributed by atoms with E-state index < -0.39 is 0 Å². The highest BCUT2D eigenvalue weighted by Crippen LogP contribution is 2.30. The molecule has 0 atom stereocenters. The summed E-state index contributed by atoms with van der Waals surface area (Å²) in [5.41, 5.74) is 2.01. The summed E-state index contributed by atoms with van der Waals surface area (Å²) >= 11 is 1.59. The molecule has 1 saturated heterocycles. The normalized spacial score (nSPS) is 14.3. The first kappa shape index (κ1) is 23.6. The number of thiazole rings is 1. The molecule has 1 aliphatic heterocycles. The minimum atomic E-state index is 0. The van der Waals surface area contributed by atoms with Gasteiger partial charge in [0.15, 0.2) is 5.13 Å². The maximum Gasteiger partial charge on any atom is 0.233 e. The van der Waals surface area contributed by atoms with Crippen LogP contribution in [0.25, 0.3) is 21.0 Å². The van der Waals surface area contributed by atoms with E-state index in [0.29, 0.717) is 13.0 Å². The van der Waals surface area contributed by atoms with E-state index in [1.807, 2.05) is 41.3 Å². The summed E-state index contributed by atoms with van der Waals surface area (Å²) in [5, 5.41) is 3.09. The molecule has 0 saturated carbocycles. The average molecular weight is 482 g/mol. The molecular weight excluding hydrogens is 454 g/mol. The molecule has 1 amide bonds. The van der Waals surface area contributed by atoms with Gasteiger partial charge in [-0.25, -0.2) is 4.98 Å². The van der Waals surface area contributed by atoms with Gasteiger partial charge in [0, 0.05) is 26.2 Å². The molecule has 0 unspecified atom stereocenters. The largest absolute Gasteiger partial charge is 0.379 e. The standard InChI is InChI=1S/C26H27N3O2S.ClH/c30-25(19-21-9-5-8-20-7-1-2-10-22(20)21)29(14-6-13-28-15-17-31-18-16-28)26-27-23-11-3-4-12-24(23)32-26;/h1-5,7-12H,6,13-19H2;1H. The first-order valence-electron chi connectivity index (χ1n) is 11.2. The Morgan fingerprint density at radius 3 is 2.61 bits per heavy atom. The highest BCUT2D eigenvalue weighted by molar-refractivity contribution is 7.22. The maximum absolute atomic E-state index is 13.6. The molecule has 33 heavy (non-hydrogen) atoms. The van der Waals surface area contributed by atoms with Gasteiger partial charge in [-0.3, -0.25) is 14.6 Å². The molecule has 0 N–H and O–H groups in total. The summed E-state index contributed by atoms with van der Waals surface area (Å²) in [6.45, 7) is 5.15. The Labute approximate surface area is 204 Å². The Bertz CT molecular complexity index is 1180. The van der Waals surface area contributed by atoms with Crippen molar-refractivity contribution in [2.24, 2.45) is 0 Å². The number of hydrogen-bond donors (Lipinski definition) is 0. The fourth-order valence-corrected chi connectivity index (χ4v) is 5.29. The summed E-state index contributed by atoms with van der Waals surface area (Å²) in [6, 6.07) is 22.5. The third-order valence-electron chi connectivity index (χ3n) is 6.00. The van der Waals surface area contributed by atoms with Crippen molar-refractivity contribution < 1.29 is 9.53 Å². The molecule has 172 valence electrons. The second-order valence-electron chi connectivity index (χ2n) is 8.13. The van der Waals surface area contributed by atoms with Gasteiger partial charge >= 0.3 is 0 Å². The van der Waals surface area contributed by atoms with Crippen molar-refractivity contribution in [3.8, 4) is 0 Å². The second-order valence-corrected chi connectivity index (χ2v) is 9.14. The third-order valence-corrected chi connectivity index (χ3v) is 7.06. The van der Waals surface area contributed by atoms with Crippen molar-refractivity contribution >= 4 is 55.8 Å². The van der Waals surface area contributed by atoms with E-state index in [-0.39, 0.29) is 18.3 Å². The van der Waals surface area contributed by atoms with Crippen molar-refractivity contribution in [3.63, 3.8) is 0 Å². The molecule has 1 fully saturated rings. The number of carbonyl (C=O) groups is 1. The number of morpholine rings is 1. The predicted molar refractivity (Wildman–Crippen MR) is 139 cm³/mol. The van der Waals surface area contributed by atoms with Crippen LogP contribution in [0, 0.1) is 0 Å². The summed E-state index contributed by atoms with van der Waals surface area (Å²) in [6.07, 6.45) is 1.28. The molecule has 0 radical (unpaired) electrons. The van der Waals surface area contributed by atoms with E-state index in [2.05, 4.69) is 35.2 Å². The van der Waals surface area contributed by atoms with Crippen LogP contribution < -0.4 is 4.90 Å². The smallest absolute Gasteiger partial charge is 0.233 e. The number of amides is 1. The molecule has 7 heteroatoms. The Hall–Kier alpha value is -2.51. The molecule has 5 rings (SSSR count). The lowest BCUT2D eigenvalue weighted by atomic mass is 10.0. The zero-order valence-electron chi connectivity index (χ0n) is 18.5. The van der Waals surface area contributed by atoms with Crippen LogP contribution >= 0.6 is 23.7 Å². The number of fused-ring (bicyclic) bond motifs is 2. The maximum atomic E-state index is 13.6. The Morgan fingerprint density at radius 2 is 1.76 bits per heavy atom. The number of rotatable bonds is 7. The highest BCUT2D eigenvalue weighted by atomic mass is 35.5. The fraction of sp³-hybridized carbons (Fsp3) is 0.308. The van der Waals surface area contributed by atoms with E-state index in [4.69, 9.17) is 9.72 Å². The summed E-state index contributed by atoms with van der Waals surface area (Å²) in [4.78, 5) is 22.7. The number of nitrogens with zero attached hydrogens (tertiary/aromatic N) is 3. The third kappa shape index (κ3) is 5.53. The SMILES string of the molecule is Cl.O=C(Cc1cccc2ccccc12)N(CCCN1CCOCC1)c1nc2ccccc2s1. The first-order valence-corrected chi connectivity index (χ1v) is 12.0. The van der Waals surface area contributed by atoms with Crippen LogP contribution in [0.4, 0.5) is 5.13 Å². The lowest BCUT2D eigenvalue weighted by molar-refractivity contribution is -0.118. The van der Waals surface area contributed by atoms with E-state index in [9.17, 15) is 4.79 Å². The minimum Gasteiger partial charge on any atom is -0.379 e. The Balaban J connectivity index is 0.00000259. The number of aromatic nitrogens is 1. The molecule has 5 nitrogen and oxygen atoms in total. The molecule has 3 aromatic carbocycles. The van der Waals surface area contributed by atoms with Gasteiger partial charge in [0.05, 0.1) is 29.9 Å². The molecule has 1 aliphatic rings. The monoisotopic (exact) mass is 481 g/mol. The van der Waals surface area contributed by atoms with Gasteiger partial charge in [-0.05, 0) is 34.9 Å². The van der Waals surface area contributed by atoms with Gasteiger partial charge in [0.1, 0.15) is 0 Å². The lowest BCUT2D eigenvalue weighted by Gasteiger charge is -2.27. The zero-order chi connectivity index (χ0) is 21.8. The van der Waals surface area contributed by atoms with Crippen molar-refractivity contribution in [1.82, 2.24) is 9.88 Å². The van der Waals surface area contributed by atoms with Crippen LogP contribution in [0.1, 0.15) is 12.0 Å². The van der Waals surface area contributed by atoms with Crippen LogP contribution in [0.3, 0.4) is 0 Å². The number of benzene rings is 3. The van der Waals surface area contributed by atoms with Crippen LogP contribution in [0.5, 0.6) is 0 Å². The first-order chi connectivity index (χ1) is 15.8. The zero-order valence-corrected chi connectivity index (χ0v) is 20.1. The topological polar surface area (TPSA) is 45.7 Å². The molecule has 1 aromatic heterocycles. The van der Waals surface area contributed by atoms with E-state index in [1.165, 1.54) is 0 Å². The van der Waals surface area contributed by atoms with Gasteiger partial charge in [-0.2, -0.15) is 0 Å². The molecule has 0 aliphatic carbocycles. The number of ether oxygens (including phenoxy) is 1. The summed E-state index contributed by atoms with van der Waals surface area (Å²) in [5.74, 6) is 0.0994. The van der Waals surface area contributed by atoms with E-state index >= 15 is 0 Å². The summed E-state index contributed by atoms with van der Waals surface area (Å²) < 4.78 is 6.57. The van der Waals surface area contributed by atoms with Gasteiger partial charge in [-0.1, -0.05) is 65.9 Å². The molecule has 4 aromatic rings. The minimum absolute atomic E-state index is 0. The van der Waals surface area contributed by atoms with Crippen molar-refractivity contribution in [3.05, 3.63) is 72.3 Å². The number of anilines is 1. The van der Waals surface area contributed by atoms with Crippen LogP contribution in [0.2, 0.25) is 0 Å². The van der Waals surface area contributed by atoms with Crippen LogP contribution in [0.15, 0.2) is 66.7 Å². The second kappa shape index (κ2) is 11.1. The Morgan fingerprint density at radius 1 is 1.00 bits per heavy atom. The fourth-order valence-electron chi connectivity index (χ4n) is 4.28. The van der Waals surface area contributed by atoms with Gasteiger partial charge in [0.25, 0.3) is 0 Å². The van der Waals surface area contributed by atoms with E-state index in [1.54, 1.807) is 11.3 Å².